The second-order valence-electron chi connectivity index (χ2n) is 15.0. The molecule has 0 aliphatic carbocycles. The highest BCUT2D eigenvalue weighted by Crippen LogP contribution is 2.34. The van der Waals surface area contributed by atoms with Crippen LogP contribution in [0.5, 0.6) is 0 Å². The molecule has 0 bridgehead atoms. The summed E-state index contributed by atoms with van der Waals surface area (Å²) in [6.07, 6.45) is -3.97. The molecule has 14 nitrogen and oxygen atoms in total. The van der Waals surface area contributed by atoms with Gasteiger partial charge >= 0.3 is 12.1 Å². The molecule has 2 unspecified atom stereocenters. The minimum absolute atomic E-state index is 0.0476. The molecule has 6 rings (SSSR count). The molecule has 4 heterocycles. The molecule has 0 spiro atoms. The number of imidazole rings is 1. The number of nitrogens with one attached hydrogen (secondary N) is 1. The van der Waals surface area contributed by atoms with E-state index in [9.17, 15) is 41.1 Å². The van der Waals surface area contributed by atoms with Crippen molar-refractivity contribution < 1.29 is 63.9 Å². The van der Waals surface area contributed by atoms with E-state index in [1.54, 1.807) is 35.6 Å². The average molecular weight is 902 g/mol. The van der Waals surface area contributed by atoms with Crippen LogP contribution in [-0.4, -0.2) is 144 Å². The van der Waals surface area contributed by atoms with Gasteiger partial charge in [-0.1, -0.05) is 17.7 Å². The van der Waals surface area contributed by atoms with E-state index in [-0.39, 0.29) is 80.8 Å². The zero-order chi connectivity index (χ0) is 45.7. The lowest BCUT2D eigenvalue weighted by Crippen LogP contribution is -2.53. The summed E-state index contributed by atoms with van der Waals surface area (Å²) in [6.45, 7) is 4.45. The lowest BCUT2D eigenvalue weighted by Gasteiger charge is -2.36. The SMILES string of the molecule is COC(=O)C(F)(F)F.COCCn1ncc(-c2ccc(-c3cnc(C(=O)Nc4ccc(C(=O)N5CCN(C(=O)C6CC[N+](C)(CC(F)F)C6)CC5)c(Cl)c4)n3C)c(F)c2F)c1C. The molecule has 4 aromatic rings. The highest BCUT2D eigenvalue weighted by atomic mass is 35.5. The number of likely N-dealkylation sites (tertiary alicyclic amines) is 1. The highest BCUT2D eigenvalue weighted by molar-refractivity contribution is 6.34. The number of aromatic nitrogens is 4. The maximum absolute atomic E-state index is 15.5. The third-order valence-electron chi connectivity index (χ3n) is 10.8. The Morgan fingerprint density at radius 2 is 1.61 bits per heavy atom. The molecule has 2 aromatic carbocycles. The van der Waals surface area contributed by atoms with E-state index < -0.39 is 36.1 Å². The molecule has 3 amide bonds. The number of esters is 1. The summed E-state index contributed by atoms with van der Waals surface area (Å²) in [4.78, 5) is 56.7. The quantitative estimate of drug-likeness (QED) is 0.113. The van der Waals surface area contributed by atoms with Crippen LogP contribution < -0.4 is 5.32 Å². The largest absolute Gasteiger partial charge is 0.490 e. The Labute approximate surface area is 356 Å². The maximum atomic E-state index is 15.5. The Bertz CT molecular complexity index is 2300. The number of amides is 3. The van der Waals surface area contributed by atoms with E-state index in [1.165, 1.54) is 54.3 Å². The Balaban J connectivity index is 0.000000826. The molecule has 2 saturated heterocycles. The van der Waals surface area contributed by atoms with Crippen LogP contribution in [0.1, 0.15) is 33.1 Å². The van der Waals surface area contributed by atoms with Gasteiger partial charge in [-0.15, -0.1) is 0 Å². The summed E-state index contributed by atoms with van der Waals surface area (Å²) in [5, 5.41) is 7.03. The minimum Gasteiger partial charge on any atom is -0.462 e. The van der Waals surface area contributed by atoms with E-state index in [4.69, 9.17) is 16.3 Å². The Hall–Kier alpha value is -5.54. The summed E-state index contributed by atoms with van der Waals surface area (Å²) < 4.78 is 102. The topological polar surface area (TPSA) is 141 Å². The number of alkyl halides is 5. The number of halogens is 8. The monoisotopic (exact) mass is 901 g/mol. The van der Waals surface area contributed by atoms with Gasteiger partial charge in [-0.3, -0.25) is 19.1 Å². The third-order valence-corrected chi connectivity index (χ3v) is 11.1. The Morgan fingerprint density at radius 1 is 0.968 bits per heavy atom. The fourth-order valence-corrected chi connectivity index (χ4v) is 7.71. The number of anilines is 1. The van der Waals surface area contributed by atoms with Crippen molar-refractivity contribution in [3.8, 4) is 22.4 Å². The molecular formula is C40H45ClF7N8O6+. The number of quaternary nitrogens is 1. The predicted molar refractivity (Wildman–Crippen MR) is 211 cm³/mol. The van der Waals surface area contributed by atoms with Crippen LogP contribution in [0.15, 0.2) is 42.7 Å². The van der Waals surface area contributed by atoms with Gasteiger partial charge in [0.25, 0.3) is 18.2 Å². The van der Waals surface area contributed by atoms with Gasteiger partial charge in [0.1, 0.15) is 6.54 Å². The first-order valence-corrected chi connectivity index (χ1v) is 19.5. The number of piperazine rings is 1. The van der Waals surface area contributed by atoms with Crippen LogP contribution in [0.4, 0.5) is 36.4 Å². The van der Waals surface area contributed by atoms with Crippen LogP contribution in [0.2, 0.25) is 5.02 Å². The molecule has 336 valence electrons. The van der Waals surface area contributed by atoms with Crippen LogP contribution in [0.3, 0.4) is 0 Å². The zero-order valence-electron chi connectivity index (χ0n) is 34.4. The lowest BCUT2D eigenvalue weighted by molar-refractivity contribution is -0.902. The molecule has 2 fully saturated rings. The van der Waals surface area contributed by atoms with E-state index in [1.807, 2.05) is 0 Å². The van der Waals surface area contributed by atoms with Crippen LogP contribution in [0.25, 0.3) is 22.4 Å². The van der Waals surface area contributed by atoms with Gasteiger partial charge in [0.15, 0.2) is 17.5 Å². The van der Waals surface area contributed by atoms with Crippen molar-refractivity contribution >= 4 is 41.0 Å². The van der Waals surface area contributed by atoms with E-state index in [0.717, 1.165) is 0 Å². The lowest BCUT2D eigenvalue weighted by atomic mass is 10.0. The molecule has 22 heteroatoms. The molecule has 62 heavy (non-hydrogen) atoms. The Morgan fingerprint density at radius 3 is 2.21 bits per heavy atom. The van der Waals surface area contributed by atoms with E-state index >= 15 is 8.78 Å². The summed E-state index contributed by atoms with van der Waals surface area (Å²) in [6, 6.07) is 7.32. The van der Waals surface area contributed by atoms with Crippen LogP contribution in [-0.2, 0) is 32.7 Å². The summed E-state index contributed by atoms with van der Waals surface area (Å²) in [5.74, 6) is -5.78. The van der Waals surface area contributed by atoms with Crippen LogP contribution >= 0.6 is 11.6 Å². The van der Waals surface area contributed by atoms with Crippen molar-refractivity contribution in [1.29, 1.82) is 0 Å². The first kappa shape index (κ1) is 47.5. The predicted octanol–water partition coefficient (Wildman–Crippen LogP) is 5.83. The number of carbonyl (C=O) groups excluding carboxylic acids is 4. The van der Waals surface area contributed by atoms with E-state index in [0.29, 0.717) is 64.1 Å². The standard InChI is InChI=1S/C37H41ClF4N8O4.C3H3F3O2/c1-22-28(18-44-49(22)14-16-54-4)25-7-8-27(33(42)32(25)41)30-19-43-34(46(30)2)35(51)45-24-5-6-26(29(38)17-24)37(53)48-12-10-47(11-13-48)36(52)23-9-15-50(3,20-23)21-31(39)40;1-8-2(7)3(4,5)6/h5-8,17-19,23,31H,9-16,20-21H2,1-4H3;1H3/p+1. The van der Waals surface area contributed by atoms with Crippen molar-refractivity contribution in [2.45, 2.75) is 32.5 Å². The number of ether oxygens (including phenoxy) is 2. The number of rotatable bonds is 11. The number of hydrogen-bond donors (Lipinski definition) is 1. The number of hydrogen-bond acceptors (Lipinski definition) is 8. The fraction of sp³-hybridized carbons (Fsp3) is 0.450. The number of methoxy groups -OCH3 is 2. The number of carbonyl (C=O) groups is 4. The summed E-state index contributed by atoms with van der Waals surface area (Å²) in [5.41, 5.74) is 1.72. The normalized spacial score (nSPS) is 17.8. The first-order chi connectivity index (χ1) is 29.2. The van der Waals surface area contributed by atoms with Crippen molar-refractivity contribution in [3.63, 3.8) is 0 Å². The van der Waals surface area contributed by atoms with Crippen molar-refractivity contribution in [2.24, 2.45) is 13.0 Å². The van der Waals surface area contributed by atoms with Crippen molar-refractivity contribution in [2.75, 3.05) is 79.0 Å². The highest BCUT2D eigenvalue weighted by Gasteiger charge is 2.42. The molecule has 2 aliphatic heterocycles. The van der Waals surface area contributed by atoms with Gasteiger partial charge in [0.2, 0.25) is 5.91 Å². The van der Waals surface area contributed by atoms with E-state index in [2.05, 4.69) is 20.1 Å². The van der Waals surface area contributed by atoms with Crippen LogP contribution in [0, 0.1) is 24.5 Å². The Kier molecular flexibility index (Phi) is 15.1. The molecular weight excluding hydrogens is 857 g/mol. The molecule has 1 N–H and O–H groups in total. The van der Waals surface area contributed by atoms with Crippen molar-refractivity contribution in [1.82, 2.24) is 29.1 Å². The van der Waals surface area contributed by atoms with Gasteiger partial charge < -0.3 is 33.6 Å². The maximum Gasteiger partial charge on any atom is 0.490 e. The second-order valence-corrected chi connectivity index (χ2v) is 15.4. The molecule has 0 radical (unpaired) electrons. The molecule has 2 aliphatic rings. The summed E-state index contributed by atoms with van der Waals surface area (Å²) in [7, 11) is 5.50. The molecule has 2 aromatic heterocycles. The smallest absolute Gasteiger partial charge is 0.462 e. The third kappa shape index (κ3) is 10.7. The first-order valence-electron chi connectivity index (χ1n) is 19.2. The minimum atomic E-state index is -4.85. The van der Waals surface area contributed by atoms with Gasteiger partial charge in [-0.25, -0.2) is 27.3 Å². The number of nitrogens with zero attached hydrogens (tertiary/aromatic N) is 7. The second kappa shape index (κ2) is 19.7. The molecule has 0 saturated carbocycles. The van der Waals surface area contributed by atoms with Gasteiger partial charge in [0, 0.05) is 74.8 Å². The van der Waals surface area contributed by atoms with Gasteiger partial charge in [-0.05, 0) is 31.2 Å². The zero-order valence-corrected chi connectivity index (χ0v) is 35.1. The number of benzene rings is 2. The van der Waals surface area contributed by atoms with Gasteiger partial charge in [0.05, 0.1) is 75.0 Å². The average Bonchev–Trinajstić information content (AvgIpc) is 3.92. The fourth-order valence-electron chi connectivity index (χ4n) is 7.45. The van der Waals surface area contributed by atoms with Gasteiger partial charge in [-0.2, -0.15) is 18.3 Å². The summed E-state index contributed by atoms with van der Waals surface area (Å²) >= 11 is 6.51. The van der Waals surface area contributed by atoms with Crippen molar-refractivity contribution in [3.05, 3.63) is 76.5 Å². The molecule has 2 atom stereocenters.